The van der Waals surface area contributed by atoms with Gasteiger partial charge in [0.15, 0.2) is 0 Å². The molecule has 0 spiro atoms. The Morgan fingerprint density at radius 1 is 1.12 bits per heavy atom. The van der Waals surface area contributed by atoms with E-state index in [2.05, 4.69) is 0 Å². The maximum absolute atomic E-state index is 12.8. The molecular formula is C14H9F3NO5S-. The lowest BCUT2D eigenvalue weighted by atomic mass is 10.1. The number of phenols is 1. The van der Waals surface area contributed by atoms with Crippen molar-refractivity contribution in [2.45, 2.75) is 6.18 Å². The molecule has 0 aliphatic heterocycles. The number of nitrogens with zero attached hydrogens (tertiary/aromatic N) is 1. The number of halogens is 3. The van der Waals surface area contributed by atoms with E-state index in [4.69, 9.17) is 5.11 Å². The molecular weight excluding hydrogens is 351 g/mol. The van der Waals surface area contributed by atoms with E-state index in [1.54, 1.807) is 0 Å². The Balaban J connectivity index is 2.54. The smallest absolute Gasteiger partial charge is 0.416 e. The van der Waals surface area contributed by atoms with Crippen LogP contribution in [0.4, 0.5) is 24.5 Å². The van der Waals surface area contributed by atoms with Crippen LogP contribution in [0.5, 0.6) is 5.75 Å². The van der Waals surface area contributed by atoms with E-state index in [0.717, 1.165) is 36.4 Å². The fourth-order valence-corrected chi connectivity index (χ4v) is 2.53. The Bertz CT molecular complexity index is 809. The summed E-state index contributed by atoms with van der Waals surface area (Å²) in [6.45, 7) is 0. The summed E-state index contributed by atoms with van der Waals surface area (Å²) >= 11 is -3.01. The molecule has 128 valence electrons. The van der Waals surface area contributed by atoms with Gasteiger partial charge in [0.05, 0.1) is 28.2 Å². The van der Waals surface area contributed by atoms with Gasteiger partial charge < -0.3 is 14.8 Å². The van der Waals surface area contributed by atoms with Crippen LogP contribution in [0.1, 0.15) is 15.9 Å². The average molecular weight is 360 g/mol. The molecule has 10 heteroatoms. The van der Waals surface area contributed by atoms with Gasteiger partial charge in [0.2, 0.25) is 0 Å². The second kappa shape index (κ2) is 6.49. The molecule has 0 heterocycles. The summed E-state index contributed by atoms with van der Waals surface area (Å²) in [4.78, 5) is 10.8. The highest BCUT2D eigenvalue weighted by Crippen LogP contribution is 2.35. The predicted octanol–water partition coefficient (Wildman–Crippen LogP) is 3.04. The fourth-order valence-electron chi connectivity index (χ4n) is 1.96. The van der Waals surface area contributed by atoms with Crippen LogP contribution in [-0.2, 0) is 17.4 Å². The first kappa shape index (κ1) is 17.8. The quantitative estimate of drug-likeness (QED) is 0.816. The third-order valence-corrected chi connectivity index (χ3v) is 3.72. The van der Waals surface area contributed by atoms with Crippen LogP contribution in [0.3, 0.4) is 0 Å². The van der Waals surface area contributed by atoms with E-state index in [9.17, 15) is 31.8 Å². The van der Waals surface area contributed by atoms with Gasteiger partial charge in [0.25, 0.3) is 0 Å². The van der Waals surface area contributed by atoms with Gasteiger partial charge in [-0.3, -0.25) is 8.51 Å². The van der Waals surface area contributed by atoms with Crippen molar-refractivity contribution in [2.75, 3.05) is 4.31 Å². The highest BCUT2D eigenvalue weighted by Gasteiger charge is 2.31. The minimum absolute atomic E-state index is 0.217. The van der Waals surface area contributed by atoms with Crippen molar-refractivity contribution in [2.24, 2.45) is 0 Å². The van der Waals surface area contributed by atoms with Crippen LogP contribution in [0.25, 0.3) is 0 Å². The first-order valence-electron chi connectivity index (χ1n) is 6.24. The molecule has 6 nitrogen and oxygen atoms in total. The second-order valence-electron chi connectivity index (χ2n) is 4.57. The molecule has 2 N–H and O–H groups in total. The van der Waals surface area contributed by atoms with Crippen molar-refractivity contribution in [3.63, 3.8) is 0 Å². The standard InChI is InChI=1S/C14H10F3NO5S/c15-14(16,17)8-2-1-3-9(6-8)18(24(22)23)10-4-5-11(13(20)21)12(19)7-10/h1-7,19H,(H,20,21)(H,22,23)/p-1. The summed E-state index contributed by atoms with van der Waals surface area (Å²) in [5.41, 5.74) is -2.06. The molecule has 0 aliphatic rings. The van der Waals surface area contributed by atoms with Crippen molar-refractivity contribution in [1.29, 1.82) is 0 Å². The second-order valence-corrected chi connectivity index (χ2v) is 5.37. The summed E-state index contributed by atoms with van der Waals surface area (Å²) in [6, 6.07) is 6.40. The summed E-state index contributed by atoms with van der Waals surface area (Å²) in [6.07, 6.45) is -4.67. The first-order valence-corrected chi connectivity index (χ1v) is 7.27. The topological polar surface area (TPSA) is 101 Å². The number of aromatic hydroxyl groups is 1. The van der Waals surface area contributed by atoms with Gasteiger partial charge in [-0.1, -0.05) is 6.07 Å². The Labute approximate surface area is 136 Å². The lowest BCUT2D eigenvalue weighted by molar-refractivity contribution is -0.137. The predicted molar refractivity (Wildman–Crippen MR) is 77.6 cm³/mol. The summed E-state index contributed by atoms with van der Waals surface area (Å²) in [5, 5.41) is 18.5. The molecule has 1 atom stereocenters. The van der Waals surface area contributed by atoms with Gasteiger partial charge in [-0.2, -0.15) is 13.2 Å². The number of carboxylic acid groups (broad SMARTS) is 1. The van der Waals surface area contributed by atoms with Gasteiger partial charge >= 0.3 is 12.1 Å². The zero-order valence-corrected chi connectivity index (χ0v) is 12.5. The lowest BCUT2D eigenvalue weighted by Gasteiger charge is -2.27. The van der Waals surface area contributed by atoms with E-state index in [1.165, 1.54) is 0 Å². The molecule has 24 heavy (non-hydrogen) atoms. The SMILES string of the molecule is O=C(O)c1ccc(N(c2cccc(C(F)(F)F)c2)S(=O)[O-])cc1O. The molecule has 0 saturated carbocycles. The number of benzene rings is 2. The van der Waals surface area contributed by atoms with Crippen molar-refractivity contribution >= 4 is 28.6 Å². The number of anilines is 2. The molecule has 2 rings (SSSR count). The molecule has 2 aromatic rings. The molecule has 1 unspecified atom stereocenters. The van der Waals surface area contributed by atoms with Gasteiger partial charge in [-0.15, -0.1) is 0 Å². The molecule has 0 bridgehead atoms. The minimum atomic E-state index is -4.67. The monoisotopic (exact) mass is 360 g/mol. The van der Waals surface area contributed by atoms with E-state index in [0.29, 0.717) is 10.4 Å². The van der Waals surface area contributed by atoms with Crippen molar-refractivity contribution in [3.05, 3.63) is 53.6 Å². The zero-order chi connectivity index (χ0) is 18.1. The lowest BCUT2D eigenvalue weighted by Crippen LogP contribution is -2.20. The molecule has 0 amide bonds. The van der Waals surface area contributed by atoms with Gasteiger partial charge in [-0.05, 0) is 30.3 Å². The van der Waals surface area contributed by atoms with Crippen molar-refractivity contribution in [1.82, 2.24) is 0 Å². The summed E-state index contributed by atoms with van der Waals surface area (Å²) < 4.78 is 61.7. The van der Waals surface area contributed by atoms with E-state index in [1.807, 2.05) is 0 Å². The molecule has 0 aliphatic carbocycles. The largest absolute Gasteiger partial charge is 0.755 e. The summed E-state index contributed by atoms with van der Waals surface area (Å²) in [7, 11) is 0. The highest BCUT2D eigenvalue weighted by atomic mass is 32.2. The Morgan fingerprint density at radius 2 is 1.75 bits per heavy atom. The van der Waals surface area contributed by atoms with Crippen LogP contribution >= 0.6 is 0 Å². The molecule has 0 fully saturated rings. The van der Waals surface area contributed by atoms with Gasteiger partial charge in [0, 0.05) is 6.07 Å². The number of aromatic carboxylic acids is 1. The first-order chi connectivity index (χ1) is 11.1. The Kier molecular flexibility index (Phi) is 4.81. The third-order valence-electron chi connectivity index (χ3n) is 3.00. The third kappa shape index (κ3) is 3.66. The highest BCUT2D eigenvalue weighted by molar-refractivity contribution is 7.81. The Hall–Kier alpha value is -2.59. The van der Waals surface area contributed by atoms with Crippen molar-refractivity contribution in [3.8, 4) is 5.75 Å². The zero-order valence-electron chi connectivity index (χ0n) is 11.6. The maximum atomic E-state index is 12.8. The van der Waals surface area contributed by atoms with Gasteiger partial charge in [0.1, 0.15) is 11.3 Å². The van der Waals surface area contributed by atoms with Crippen LogP contribution in [-0.4, -0.2) is 24.9 Å². The summed E-state index contributed by atoms with van der Waals surface area (Å²) in [5.74, 6) is -2.16. The number of hydrogen-bond donors (Lipinski definition) is 2. The number of hydrogen-bond acceptors (Lipinski definition) is 4. The van der Waals surface area contributed by atoms with E-state index in [-0.39, 0.29) is 11.4 Å². The normalized spacial score (nSPS) is 12.7. The molecule has 0 aromatic heterocycles. The average Bonchev–Trinajstić information content (AvgIpc) is 2.46. The maximum Gasteiger partial charge on any atom is 0.416 e. The number of carbonyl (C=O) groups is 1. The van der Waals surface area contributed by atoms with E-state index >= 15 is 0 Å². The van der Waals surface area contributed by atoms with E-state index < -0.39 is 40.3 Å². The molecule has 2 aromatic carbocycles. The molecule has 0 radical (unpaired) electrons. The van der Waals surface area contributed by atoms with Crippen LogP contribution in [0, 0.1) is 0 Å². The van der Waals surface area contributed by atoms with Crippen LogP contribution < -0.4 is 4.31 Å². The molecule has 0 saturated heterocycles. The fraction of sp³-hybridized carbons (Fsp3) is 0.0714. The Morgan fingerprint density at radius 3 is 2.25 bits per heavy atom. The number of alkyl halides is 3. The number of carboxylic acids is 1. The van der Waals surface area contributed by atoms with Crippen LogP contribution in [0.2, 0.25) is 0 Å². The minimum Gasteiger partial charge on any atom is -0.755 e. The van der Waals surface area contributed by atoms with Gasteiger partial charge in [-0.25, -0.2) is 4.79 Å². The number of rotatable bonds is 4. The van der Waals surface area contributed by atoms with Crippen LogP contribution in [0.15, 0.2) is 42.5 Å². The van der Waals surface area contributed by atoms with Crippen molar-refractivity contribution < 1.29 is 36.9 Å².